The Morgan fingerprint density at radius 2 is 1.66 bits per heavy atom. The van der Waals surface area contributed by atoms with E-state index in [1.54, 1.807) is 0 Å². The molecule has 0 saturated carbocycles. The lowest BCUT2D eigenvalue weighted by Crippen LogP contribution is -2.54. The number of aliphatic imine (C=N–C) groups is 1. The average Bonchev–Trinajstić information content (AvgIpc) is 3.01. The molecule has 2 aliphatic rings. The molecule has 7 heteroatoms. The van der Waals surface area contributed by atoms with Crippen LogP contribution in [0.5, 0.6) is 0 Å². The number of carbonyl (C=O) groups excluding carboxylic acids is 1. The molecule has 1 N–H and O–H groups in total. The molecule has 29 heavy (non-hydrogen) atoms. The molecule has 2 fully saturated rings. The van der Waals surface area contributed by atoms with Crippen molar-refractivity contribution < 1.29 is 9.53 Å². The number of carbonyl (C=O) groups is 1. The second-order valence-electron chi connectivity index (χ2n) is 8.56. The Morgan fingerprint density at radius 1 is 1.00 bits per heavy atom. The quantitative estimate of drug-likeness (QED) is 0.491. The lowest BCUT2D eigenvalue weighted by Gasteiger charge is -2.37. The number of likely N-dealkylation sites (tertiary alicyclic amines) is 1. The number of hydrogen-bond donors (Lipinski definition) is 1. The summed E-state index contributed by atoms with van der Waals surface area (Å²) in [6.07, 6.45) is 6.10. The SMILES string of the molecule is CCOC(CCNC(=NC)N1CCN(CC(=O)N2CCCCCC2)CC1)C(C)C. The molecule has 0 radical (unpaired) electrons. The van der Waals surface area contributed by atoms with Crippen molar-refractivity contribution in [2.24, 2.45) is 10.9 Å². The second-order valence-corrected chi connectivity index (χ2v) is 8.56. The van der Waals surface area contributed by atoms with Crippen LogP contribution in [0.3, 0.4) is 0 Å². The Hall–Kier alpha value is -1.34. The summed E-state index contributed by atoms with van der Waals surface area (Å²) >= 11 is 0. The predicted octanol–water partition coefficient (Wildman–Crippen LogP) is 2.03. The predicted molar refractivity (Wildman–Crippen MR) is 119 cm³/mol. The van der Waals surface area contributed by atoms with Gasteiger partial charge >= 0.3 is 0 Å². The van der Waals surface area contributed by atoms with Gasteiger partial charge in [-0.25, -0.2) is 0 Å². The Labute approximate surface area is 177 Å². The average molecular weight is 410 g/mol. The fourth-order valence-corrected chi connectivity index (χ4v) is 4.21. The van der Waals surface area contributed by atoms with Crippen LogP contribution in [0, 0.1) is 5.92 Å². The highest BCUT2D eigenvalue weighted by molar-refractivity contribution is 5.80. The van der Waals surface area contributed by atoms with Crippen molar-refractivity contribution in [3.8, 4) is 0 Å². The zero-order chi connectivity index (χ0) is 21.1. The molecule has 2 rings (SSSR count). The number of nitrogens with one attached hydrogen (secondary N) is 1. The van der Waals surface area contributed by atoms with Crippen molar-refractivity contribution in [2.75, 3.05) is 66.0 Å². The van der Waals surface area contributed by atoms with Crippen LogP contribution >= 0.6 is 0 Å². The van der Waals surface area contributed by atoms with E-state index in [4.69, 9.17) is 4.74 Å². The summed E-state index contributed by atoms with van der Waals surface area (Å²) in [5.74, 6) is 1.78. The van der Waals surface area contributed by atoms with E-state index in [0.29, 0.717) is 18.4 Å². The molecule has 0 aromatic rings. The van der Waals surface area contributed by atoms with Gasteiger partial charge in [0.1, 0.15) is 0 Å². The van der Waals surface area contributed by atoms with E-state index < -0.39 is 0 Å². The third kappa shape index (κ3) is 8.13. The van der Waals surface area contributed by atoms with E-state index in [2.05, 4.69) is 45.8 Å². The zero-order valence-electron chi connectivity index (χ0n) is 19.2. The number of hydrogen-bond acceptors (Lipinski definition) is 4. The highest BCUT2D eigenvalue weighted by Gasteiger charge is 2.24. The van der Waals surface area contributed by atoms with Gasteiger partial charge in [-0.2, -0.15) is 0 Å². The molecule has 2 heterocycles. The molecular weight excluding hydrogens is 366 g/mol. The van der Waals surface area contributed by atoms with Gasteiger partial charge < -0.3 is 19.9 Å². The van der Waals surface area contributed by atoms with Crippen molar-refractivity contribution in [3.63, 3.8) is 0 Å². The van der Waals surface area contributed by atoms with Gasteiger partial charge in [0.05, 0.1) is 12.6 Å². The van der Waals surface area contributed by atoms with Crippen LogP contribution in [0.1, 0.15) is 52.9 Å². The topological polar surface area (TPSA) is 60.4 Å². The van der Waals surface area contributed by atoms with Gasteiger partial charge in [-0.05, 0) is 32.1 Å². The summed E-state index contributed by atoms with van der Waals surface area (Å²) in [6, 6.07) is 0. The smallest absolute Gasteiger partial charge is 0.236 e. The number of guanidine groups is 1. The number of nitrogens with zero attached hydrogens (tertiary/aromatic N) is 4. The lowest BCUT2D eigenvalue weighted by atomic mass is 10.0. The number of piperazine rings is 1. The fourth-order valence-electron chi connectivity index (χ4n) is 4.21. The fraction of sp³-hybridized carbons (Fsp3) is 0.909. The van der Waals surface area contributed by atoms with Crippen LogP contribution in [-0.2, 0) is 9.53 Å². The molecule has 7 nitrogen and oxygen atoms in total. The first kappa shape index (κ1) is 23.9. The summed E-state index contributed by atoms with van der Waals surface area (Å²) in [6.45, 7) is 14.2. The van der Waals surface area contributed by atoms with E-state index in [9.17, 15) is 4.79 Å². The van der Waals surface area contributed by atoms with Crippen molar-refractivity contribution in [2.45, 2.75) is 59.0 Å². The first-order chi connectivity index (χ1) is 14.0. The summed E-state index contributed by atoms with van der Waals surface area (Å²) in [7, 11) is 1.85. The Bertz CT molecular complexity index is 495. The van der Waals surface area contributed by atoms with Crippen LogP contribution in [-0.4, -0.2) is 98.7 Å². The van der Waals surface area contributed by atoms with Crippen LogP contribution in [0.25, 0.3) is 0 Å². The van der Waals surface area contributed by atoms with E-state index in [1.807, 2.05) is 7.05 Å². The third-order valence-electron chi connectivity index (χ3n) is 6.04. The zero-order valence-corrected chi connectivity index (χ0v) is 19.2. The molecule has 0 bridgehead atoms. The molecule has 1 atom stereocenters. The maximum Gasteiger partial charge on any atom is 0.236 e. The van der Waals surface area contributed by atoms with Crippen LogP contribution in [0.4, 0.5) is 0 Å². The first-order valence-corrected chi connectivity index (χ1v) is 11.6. The summed E-state index contributed by atoms with van der Waals surface area (Å²) in [4.78, 5) is 23.8. The Morgan fingerprint density at radius 3 is 2.21 bits per heavy atom. The number of ether oxygens (including phenoxy) is 1. The Balaban J connectivity index is 1.71. The van der Waals surface area contributed by atoms with Crippen LogP contribution < -0.4 is 5.32 Å². The molecule has 2 aliphatic heterocycles. The molecule has 0 aromatic heterocycles. The van der Waals surface area contributed by atoms with E-state index in [0.717, 1.165) is 77.6 Å². The largest absolute Gasteiger partial charge is 0.378 e. The molecule has 0 aromatic carbocycles. The van der Waals surface area contributed by atoms with Crippen LogP contribution in [0.2, 0.25) is 0 Å². The lowest BCUT2D eigenvalue weighted by molar-refractivity contribution is -0.132. The molecule has 168 valence electrons. The maximum absolute atomic E-state index is 12.6. The minimum absolute atomic E-state index is 0.285. The van der Waals surface area contributed by atoms with Gasteiger partial charge in [0.15, 0.2) is 5.96 Å². The van der Waals surface area contributed by atoms with Gasteiger partial charge in [0, 0.05) is 59.5 Å². The standard InChI is InChI=1S/C22H43N5O2/c1-5-29-20(19(2)3)10-11-24-22(23-4)27-16-14-25(15-17-27)18-21(28)26-12-8-6-7-9-13-26/h19-20H,5-18H2,1-4H3,(H,23,24). The highest BCUT2D eigenvalue weighted by Crippen LogP contribution is 2.12. The maximum atomic E-state index is 12.6. The molecule has 0 spiro atoms. The van der Waals surface area contributed by atoms with Gasteiger partial charge in [0.2, 0.25) is 5.91 Å². The van der Waals surface area contributed by atoms with Crippen LogP contribution in [0.15, 0.2) is 4.99 Å². The minimum atomic E-state index is 0.285. The summed E-state index contributed by atoms with van der Waals surface area (Å²) in [5, 5.41) is 3.50. The minimum Gasteiger partial charge on any atom is -0.378 e. The monoisotopic (exact) mass is 409 g/mol. The van der Waals surface area contributed by atoms with Gasteiger partial charge in [-0.1, -0.05) is 26.7 Å². The molecular formula is C22H43N5O2. The molecule has 0 aliphatic carbocycles. The first-order valence-electron chi connectivity index (χ1n) is 11.6. The molecule has 1 amide bonds. The second kappa shape index (κ2) is 13.1. The molecule has 2 saturated heterocycles. The van der Waals surface area contributed by atoms with Crippen molar-refractivity contribution in [1.29, 1.82) is 0 Å². The van der Waals surface area contributed by atoms with Gasteiger partial charge in [-0.15, -0.1) is 0 Å². The van der Waals surface area contributed by atoms with Crippen molar-refractivity contribution in [3.05, 3.63) is 0 Å². The molecule has 1 unspecified atom stereocenters. The normalized spacial score (nSPS) is 20.7. The van der Waals surface area contributed by atoms with Crippen molar-refractivity contribution >= 4 is 11.9 Å². The summed E-state index contributed by atoms with van der Waals surface area (Å²) in [5.41, 5.74) is 0. The van der Waals surface area contributed by atoms with E-state index >= 15 is 0 Å². The third-order valence-corrected chi connectivity index (χ3v) is 6.04. The van der Waals surface area contributed by atoms with Crippen molar-refractivity contribution in [1.82, 2.24) is 20.0 Å². The van der Waals surface area contributed by atoms with E-state index in [1.165, 1.54) is 12.8 Å². The number of rotatable bonds is 8. The highest BCUT2D eigenvalue weighted by atomic mass is 16.5. The van der Waals surface area contributed by atoms with Gasteiger partial charge in [0.25, 0.3) is 0 Å². The van der Waals surface area contributed by atoms with Gasteiger partial charge in [-0.3, -0.25) is 14.7 Å². The summed E-state index contributed by atoms with van der Waals surface area (Å²) < 4.78 is 5.84. The van der Waals surface area contributed by atoms with E-state index in [-0.39, 0.29) is 6.10 Å². The Kier molecular flexibility index (Phi) is 10.8. The number of amides is 1.